The zero-order valence-corrected chi connectivity index (χ0v) is 18.5. The number of carbonyl (C=O) groups is 2. The number of morpholine rings is 1. The maximum absolute atomic E-state index is 13.2. The first-order valence-corrected chi connectivity index (χ1v) is 10.7. The molecular formula is C24H24ClN3O4. The zero-order valence-electron chi connectivity index (χ0n) is 17.7. The van der Waals surface area contributed by atoms with E-state index in [0.29, 0.717) is 22.9 Å². The van der Waals surface area contributed by atoms with Crippen LogP contribution in [0.1, 0.15) is 22.3 Å². The average Bonchev–Trinajstić information content (AvgIpc) is 2.79. The van der Waals surface area contributed by atoms with Crippen LogP contribution in [0.4, 0.5) is 0 Å². The number of hydrogen-bond donors (Lipinski definition) is 1. The standard InChI is InChI=1S/C24H24ClN3O4/c1-16-10-19(6-7-20(16)25)31-15-24(12-22(26)29)14-28(8-9-32-24)23(30)18-11-17-4-2-3-5-21(17)27-13-18/h2-7,10-11,13H,8-9,12,14-15H2,1H3,(H2,26,29)/t24-/m1/s1. The summed E-state index contributed by atoms with van der Waals surface area (Å²) in [7, 11) is 0. The van der Waals surface area contributed by atoms with Crippen LogP contribution in [0.15, 0.2) is 54.7 Å². The van der Waals surface area contributed by atoms with E-state index in [1.54, 1.807) is 23.2 Å². The van der Waals surface area contributed by atoms with Crippen molar-refractivity contribution >= 4 is 34.3 Å². The molecule has 2 aromatic carbocycles. The lowest BCUT2D eigenvalue weighted by Gasteiger charge is -2.42. The lowest BCUT2D eigenvalue weighted by atomic mass is 9.97. The number of rotatable bonds is 6. The molecular weight excluding hydrogens is 430 g/mol. The first kappa shape index (κ1) is 22.0. The van der Waals surface area contributed by atoms with E-state index >= 15 is 0 Å². The van der Waals surface area contributed by atoms with E-state index < -0.39 is 11.5 Å². The maximum atomic E-state index is 13.2. The smallest absolute Gasteiger partial charge is 0.255 e. The molecule has 7 nitrogen and oxygen atoms in total. The number of benzene rings is 2. The second-order valence-corrected chi connectivity index (χ2v) is 8.42. The minimum absolute atomic E-state index is 0.0662. The Bertz CT molecular complexity index is 1170. The van der Waals surface area contributed by atoms with Crippen LogP contribution < -0.4 is 10.5 Å². The molecule has 32 heavy (non-hydrogen) atoms. The van der Waals surface area contributed by atoms with Crippen molar-refractivity contribution in [1.82, 2.24) is 9.88 Å². The monoisotopic (exact) mass is 453 g/mol. The Morgan fingerprint density at radius 3 is 2.84 bits per heavy atom. The van der Waals surface area contributed by atoms with Crippen molar-refractivity contribution in [3.63, 3.8) is 0 Å². The van der Waals surface area contributed by atoms with Crippen molar-refractivity contribution < 1.29 is 19.1 Å². The summed E-state index contributed by atoms with van der Waals surface area (Å²) in [6, 6.07) is 14.7. The minimum Gasteiger partial charge on any atom is -0.490 e. The number of aromatic nitrogens is 1. The number of fused-ring (bicyclic) bond motifs is 1. The summed E-state index contributed by atoms with van der Waals surface area (Å²) >= 11 is 6.08. The summed E-state index contributed by atoms with van der Waals surface area (Å²) in [6.45, 7) is 2.78. The minimum atomic E-state index is -1.04. The summed E-state index contributed by atoms with van der Waals surface area (Å²) in [5.41, 5.74) is 6.64. The van der Waals surface area contributed by atoms with Crippen molar-refractivity contribution in [2.45, 2.75) is 18.9 Å². The molecule has 2 N–H and O–H groups in total. The number of hydrogen-bond acceptors (Lipinski definition) is 5. The van der Waals surface area contributed by atoms with Gasteiger partial charge in [0.1, 0.15) is 18.0 Å². The predicted octanol–water partition coefficient (Wildman–Crippen LogP) is 3.36. The second kappa shape index (κ2) is 9.14. The third-order valence-corrected chi connectivity index (χ3v) is 5.92. The zero-order chi connectivity index (χ0) is 22.7. The summed E-state index contributed by atoms with van der Waals surface area (Å²) in [6.07, 6.45) is 1.50. The fraction of sp³-hybridized carbons (Fsp3) is 0.292. The molecule has 166 valence electrons. The lowest BCUT2D eigenvalue weighted by molar-refractivity contribution is -0.142. The van der Waals surface area contributed by atoms with E-state index in [9.17, 15) is 9.59 Å². The molecule has 4 rings (SSSR count). The van der Waals surface area contributed by atoms with Crippen molar-refractivity contribution in [2.75, 3.05) is 26.3 Å². The van der Waals surface area contributed by atoms with Crippen molar-refractivity contribution in [2.24, 2.45) is 5.73 Å². The van der Waals surface area contributed by atoms with Gasteiger partial charge in [0, 0.05) is 23.2 Å². The number of nitrogens with zero attached hydrogens (tertiary/aromatic N) is 2. The van der Waals surface area contributed by atoms with Crippen LogP contribution in [-0.2, 0) is 9.53 Å². The SMILES string of the molecule is Cc1cc(OC[C@@]2(CC(N)=O)CN(C(=O)c3cnc4ccccc4c3)CCO2)ccc1Cl. The molecule has 8 heteroatoms. The summed E-state index contributed by atoms with van der Waals surface area (Å²) in [4.78, 5) is 31.1. The summed E-state index contributed by atoms with van der Waals surface area (Å²) in [5.74, 6) is -0.105. The Balaban J connectivity index is 1.54. The van der Waals surface area contributed by atoms with Gasteiger partial charge in [-0.1, -0.05) is 29.8 Å². The Morgan fingerprint density at radius 2 is 2.06 bits per heavy atom. The quantitative estimate of drug-likeness (QED) is 0.617. The normalized spacial score (nSPS) is 18.5. The number of carbonyl (C=O) groups excluding carboxylic acids is 2. The Kier molecular flexibility index (Phi) is 6.30. The number of ether oxygens (including phenoxy) is 2. The van der Waals surface area contributed by atoms with Gasteiger partial charge in [0.05, 0.1) is 30.7 Å². The Morgan fingerprint density at radius 1 is 1.25 bits per heavy atom. The third-order valence-electron chi connectivity index (χ3n) is 5.50. The molecule has 0 aliphatic carbocycles. The molecule has 3 aromatic rings. The van der Waals surface area contributed by atoms with E-state index in [-0.39, 0.29) is 32.1 Å². The van der Waals surface area contributed by atoms with Crippen molar-refractivity contribution in [3.8, 4) is 5.75 Å². The molecule has 1 aliphatic heterocycles. The molecule has 0 unspecified atom stereocenters. The highest BCUT2D eigenvalue weighted by atomic mass is 35.5. The van der Waals surface area contributed by atoms with Crippen molar-refractivity contribution in [1.29, 1.82) is 0 Å². The molecule has 1 aromatic heterocycles. The first-order chi connectivity index (χ1) is 15.3. The van der Waals surface area contributed by atoms with E-state index in [1.165, 1.54) is 0 Å². The van der Waals surface area contributed by atoms with Crippen molar-refractivity contribution in [3.05, 3.63) is 70.9 Å². The number of halogens is 1. The van der Waals surface area contributed by atoms with Gasteiger partial charge < -0.3 is 20.1 Å². The second-order valence-electron chi connectivity index (χ2n) is 8.02. The van der Waals surface area contributed by atoms with Crippen LogP contribution in [0.2, 0.25) is 5.02 Å². The molecule has 1 saturated heterocycles. The fourth-order valence-electron chi connectivity index (χ4n) is 3.87. The van der Waals surface area contributed by atoms with Crippen LogP contribution in [0.25, 0.3) is 10.9 Å². The van der Waals surface area contributed by atoms with Gasteiger partial charge in [-0.05, 0) is 42.8 Å². The molecule has 1 aliphatic rings. The van der Waals surface area contributed by atoms with Gasteiger partial charge in [-0.3, -0.25) is 14.6 Å². The predicted molar refractivity (Wildman–Crippen MR) is 122 cm³/mol. The molecule has 2 heterocycles. The summed E-state index contributed by atoms with van der Waals surface area (Å²) in [5, 5.41) is 1.52. The van der Waals surface area contributed by atoms with E-state index in [4.69, 9.17) is 26.8 Å². The number of aryl methyl sites for hydroxylation is 1. The van der Waals surface area contributed by atoms with Crippen LogP contribution >= 0.6 is 11.6 Å². The maximum Gasteiger partial charge on any atom is 0.255 e. The molecule has 1 atom stereocenters. The van der Waals surface area contributed by atoms with Gasteiger partial charge >= 0.3 is 0 Å². The molecule has 0 bridgehead atoms. The highest BCUT2D eigenvalue weighted by Gasteiger charge is 2.41. The number of nitrogens with two attached hydrogens (primary N) is 1. The Hall–Kier alpha value is -3.16. The number of primary amides is 1. The van der Waals surface area contributed by atoms with Gasteiger partial charge in [0.2, 0.25) is 5.91 Å². The number of para-hydroxylation sites is 1. The van der Waals surface area contributed by atoms with Gasteiger partial charge in [-0.15, -0.1) is 0 Å². The highest BCUT2D eigenvalue weighted by molar-refractivity contribution is 6.31. The van der Waals surface area contributed by atoms with E-state index in [1.807, 2.05) is 43.3 Å². The highest BCUT2D eigenvalue weighted by Crippen LogP contribution is 2.27. The van der Waals surface area contributed by atoms with Gasteiger partial charge in [0.15, 0.2) is 0 Å². The molecule has 0 saturated carbocycles. The van der Waals surface area contributed by atoms with Crippen LogP contribution in [0.5, 0.6) is 5.75 Å². The molecule has 2 amide bonds. The number of amides is 2. The Labute approximate surface area is 191 Å². The number of pyridine rings is 1. The lowest BCUT2D eigenvalue weighted by Crippen LogP contribution is -2.58. The largest absolute Gasteiger partial charge is 0.490 e. The van der Waals surface area contributed by atoms with Crippen LogP contribution in [0, 0.1) is 6.92 Å². The molecule has 1 fully saturated rings. The topological polar surface area (TPSA) is 94.8 Å². The fourth-order valence-corrected chi connectivity index (χ4v) is 3.99. The van der Waals surface area contributed by atoms with Gasteiger partial charge in [-0.25, -0.2) is 0 Å². The van der Waals surface area contributed by atoms with E-state index in [0.717, 1.165) is 16.5 Å². The summed E-state index contributed by atoms with van der Waals surface area (Å²) < 4.78 is 11.9. The average molecular weight is 454 g/mol. The molecule has 0 spiro atoms. The molecule has 0 radical (unpaired) electrons. The van der Waals surface area contributed by atoms with Gasteiger partial charge in [0.25, 0.3) is 5.91 Å². The van der Waals surface area contributed by atoms with Gasteiger partial charge in [-0.2, -0.15) is 0 Å². The third kappa shape index (κ3) is 4.84. The van der Waals surface area contributed by atoms with E-state index in [2.05, 4.69) is 4.98 Å². The van der Waals surface area contributed by atoms with Crippen LogP contribution in [-0.4, -0.2) is 53.6 Å². The first-order valence-electron chi connectivity index (χ1n) is 10.3. The van der Waals surface area contributed by atoms with Crippen LogP contribution in [0.3, 0.4) is 0 Å².